The van der Waals surface area contributed by atoms with Gasteiger partial charge in [0.15, 0.2) is 10.4 Å². The zero-order valence-corrected chi connectivity index (χ0v) is 10.9. The molecule has 0 saturated heterocycles. The number of H-pyrrole nitrogens is 1. The Labute approximate surface area is 105 Å². The lowest BCUT2D eigenvalue weighted by Crippen LogP contribution is -1.99. The maximum atomic E-state index is 5.20. The van der Waals surface area contributed by atoms with Gasteiger partial charge in [-0.05, 0) is 12.2 Å². The highest BCUT2D eigenvalue weighted by molar-refractivity contribution is 9.11. The van der Waals surface area contributed by atoms with Gasteiger partial charge in [0.1, 0.15) is 11.8 Å². The molecule has 0 spiro atoms. The Balaban J connectivity index is 2.71. The zero-order valence-electron chi connectivity index (χ0n) is 8.53. The Morgan fingerprint density at radius 2 is 2.44 bits per heavy atom. The Hall–Kier alpha value is -1.21. The van der Waals surface area contributed by atoms with Gasteiger partial charge in [-0.2, -0.15) is 4.98 Å². The second-order valence-corrected chi connectivity index (χ2v) is 4.62. The monoisotopic (exact) mass is 300 g/mol. The number of fused-ring (bicyclic) bond motifs is 1. The van der Waals surface area contributed by atoms with E-state index in [1.807, 2.05) is 4.57 Å². The van der Waals surface area contributed by atoms with Crippen molar-refractivity contribution in [3.63, 3.8) is 0 Å². The number of aromatic nitrogens is 4. The molecule has 0 unspecified atom stereocenters. The summed E-state index contributed by atoms with van der Waals surface area (Å²) in [5.74, 6) is 0.482. The largest absolute Gasteiger partial charge is 0.479 e. The fraction of sp³-hybridized carbons (Fsp3) is 0.222. The predicted octanol–water partition coefficient (Wildman–Crippen LogP) is 2.41. The highest BCUT2D eigenvalue weighted by Gasteiger charge is 2.11. The maximum absolute atomic E-state index is 5.20. The van der Waals surface area contributed by atoms with Crippen molar-refractivity contribution < 1.29 is 4.74 Å². The van der Waals surface area contributed by atoms with Crippen molar-refractivity contribution in [2.75, 3.05) is 7.11 Å². The van der Waals surface area contributed by atoms with Crippen molar-refractivity contribution >= 4 is 39.3 Å². The summed E-state index contributed by atoms with van der Waals surface area (Å²) in [6.07, 6.45) is 1.44. The van der Waals surface area contributed by atoms with Gasteiger partial charge in [-0.1, -0.05) is 22.5 Å². The molecule has 0 saturated carbocycles. The molecule has 2 heterocycles. The fourth-order valence-electron chi connectivity index (χ4n) is 1.42. The van der Waals surface area contributed by atoms with Crippen LogP contribution in [0.1, 0.15) is 0 Å². The van der Waals surface area contributed by atoms with Crippen LogP contribution in [0.3, 0.4) is 0 Å². The van der Waals surface area contributed by atoms with Gasteiger partial charge in [0, 0.05) is 4.48 Å². The van der Waals surface area contributed by atoms with Crippen LogP contribution in [0.2, 0.25) is 0 Å². The van der Waals surface area contributed by atoms with E-state index < -0.39 is 0 Å². The molecule has 0 aliphatic rings. The van der Waals surface area contributed by atoms with Crippen LogP contribution in [-0.4, -0.2) is 26.6 Å². The van der Waals surface area contributed by atoms with Crippen LogP contribution in [0.5, 0.6) is 5.88 Å². The van der Waals surface area contributed by atoms with Crippen LogP contribution in [0, 0.1) is 4.77 Å². The third-order valence-corrected chi connectivity index (χ3v) is 2.62. The summed E-state index contributed by atoms with van der Waals surface area (Å²) in [6.45, 7) is 4.34. The summed E-state index contributed by atoms with van der Waals surface area (Å²) < 4.78 is 8.34. The molecular weight excluding hydrogens is 292 g/mol. The van der Waals surface area contributed by atoms with Gasteiger partial charge in [-0.15, -0.1) is 0 Å². The molecule has 7 heteroatoms. The molecular formula is C9H9BrN4OS. The van der Waals surface area contributed by atoms with E-state index in [4.69, 9.17) is 17.0 Å². The van der Waals surface area contributed by atoms with Crippen LogP contribution in [0.25, 0.3) is 11.2 Å². The molecule has 1 N–H and O–H groups in total. The van der Waals surface area contributed by atoms with E-state index >= 15 is 0 Å². The molecule has 2 aromatic rings. The third kappa shape index (κ3) is 1.88. The molecule has 2 rings (SSSR count). The van der Waals surface area contributed by atoms with Crippen LogP contribution < -0.4 is 4.74 Å². The van der Waals surface area contributed by atoms with Crippen molar-refractivity contribution in [3.05, 3.63) is 22.2 Å². The van der Waals surface area contributed by atoms with Crippen molar-refractivity contribution in [1.29, 1.82) is 0 Å². The van der Waals surface area contributed by atoms with Gasteiger partial charge in [0.2, 0.25) is 5.88 Å². The van der Waals surface area contributed by atoms with Crippen molar-refractivity contribution in [2.24, 2.45) is 0 Å². The van der Waals surface area contributed by atoms with E-state index in [0.717, 1.165) is 4.48 Å². The van der Waals surface area contributed by atoms with Crippen molar-refractivity contribution in [2.45, 2.75) is 6.54 Å². The van der Waals surface area contributed by atoms with Crippen LogP contribution in [0.15, 0.2) is 17.4 Å². The first kappa shape index (κ1) is 11.3. The molecule has 2 aromatic heterocycles. The molecule has 5 nitrogen and oxygen atoms in total. The summed E-state index contributed by atoms with van der Waals surface area (Å²) in [6, 6.07) is 0. The molecule has 0 bridgehead atoms. The molecule has 0 aliphatic carbocycles. The summed E-state index contributed by atoms with van der Waals surface area (Å²) in [5.41, 5.74) is 1.40. The number of nitrogens with one attached hydrogen (secondary N) is 1. The molecule has 0 atom stereocenters. The van der Waals surface area contributed by atoms with E-state index in [-0.39, 0.29) is 0 Å². The standard InChI is InChI=1S/C9H9BrN4OS/c1-5(10)3-14-7-6(13-9(14)16)8(15-2)12-4-11-7/h4H,1,3H2,2H3,(H,13,16). The number of hydrogen-bond donors (Lipinski definition) is 1. The molecule has 16 heavy (non-hydrogen) atoms. The normalized spacial score (nSPS) is 10.6. The van der Waals surface area contributed by atoms with Gasteiger partial charge >= 0.3 is 0 Å². The SMILES string of the molecule is C=C(Br)Cn1c(=S)[nH]c2c(OC)ncnc21. The number of hydrogen-bond acceptors (Lipinski definition) is 4. The minimum absolute atomic E-state index is 0.482. The fourth-order valence-corrected chi connectivity index (χ4v) is 1.92. The Kier molecular flexibility index (Phi) is 3.06. The average molecular weight is 301 g/mol. The first-order valence-electron chi connectivity index (χ1n) is 4.44. The first-order chi connectivity index (χ1) is 7.63. The summed E-state index contributed by atoms with van der Waals surface area (Å²) in [7, 11) is 1.55. The van der Waals surface area contributed by atoms with Gasteiger partial charge in [0.25, 0.3) is 0 Å². The van der Waals surface area contributed by atoms with Crippen LogP contribution in [0.4, 0.5) is 0 Å². The highest BCUT2D eigenvalue weighted by atomic mass is 79.9. The number of methoxy groups -OCH3 is 1. The van der Waals surface area contributed by atoms with E-state index in [9.17, 15) is 0 Å². The van der Waals surface area contributed by atoms with Gasteiger partial charge in [0.05, 0.1) is 13.7 Å². The Morgan fingerprint density at radius 3 is 3.06 bits per heavy atom. The average Bonchev–Trinajstić information content (AvgIpc) is 2.55. The first-order valence-corrected chi connectivity index (χ1v) is 5.64. The molecule has 0 aromatic carbocycles. The van der Waals surface area contributed by atoms with E-state index in [0.29, 0.717) is 28.4 Å². The minimum Gasteiger partial charge on any atom is -0.479 e. The lowest BCUT2D eigenvalue weighted by molar-refractivity contribution is 0.401. The molecule has 0 radical (unpaired) electrons. The van der Waals surface area contributed by atoms with Gasteiger partial charge in [-0.3, -0.25) is 4.57 Å². The van der Waals surface area contributed by atoms with Crippen LogP contribution >= 0.6 is 28.1 Å². The molecule has 0 fully saturated rings. The summed E-state index contributed by atoms with van der Waals surface area (Å²) in [5, 5.41) is 0. The topological polar surface area (TPSA) is 55.7 Å². The number of aromatic amines is 1. The third-order valence-electron chi connectivity index (χ3n) is 2.05. The number of halogens is 1. The van der Waals surface area contributed by atoms with Gasteiger partial charge in [-0.25, -0.2) is 4.98 Å². The number of allylic oxidation sites excluding steroid dienone is 1. The van der Waals surface area contributed by atoms with E-state index in [1.54, 1.807) is 7.11 Å². The summed E-state index contributed by atoms with van der Waals surface area (Å²) in [4.78, 5) is 11.2. The van der Waals surface area contributed by atoms with Crippen LogP contribution in [-0.2, 0) is 6.54 Å². The van der Waals surface area contributed by atoms with Crippen molar-refractivity contribution in [3.8, 4) is 5.88 Å². The Morgan fingerprint density at radius 1 is 1.69 bits per heavy atom. The highest BCUT2D eigenvalue weighted by Crippen LogP contribution is 2.21. The second kappa shape index (κ2) is 4.34. The quantitative estimate of drug-likeness (QED) is 0.885. The number of nitrogens with zero attached hydrogens (tertiary/aromatic N) is 3. The molecule has 0 amide bonds. The minimum atomic E-state index is 0.482. The van der Waals surface area contributed by atoms with Gasteiger partial charge < -0.3 is 9.72 Å². The number of imidazole rings is 1. The molecule has 84 valence electrons. The zero-order chi connectivity index (χ0) is 11.7. The second-order valence-electron chi connectivity index (χ2n) is 3.12. The lowest BCUT2D eigenvalue weighted by Gasteiger charge is -2.02. The number of ether oxygens (including phenoxy) is 1. The smallest absolute Gasteiger partial charge is 0.242 e. The molecule has 0 aliphatic heterocycles. The number of rotatable bonds is 3. The Bertz CT molecular complexity index is 603. The van der Waals surface area contributed by atoms with E-state index in [2.05, 4.69) is 37.5 Å². The van der Waals surface area contributed by atoms with Crippen molar-refractivity contribution in [1.82, 2.24) is 19.5 Å². The summed E-state index contributed by atoms with van der Waals surface area (Å²) >= 11 is 8.50. The predicted molar refractivity (Wildman–Crippen MR) is 67.3 cm³/mol. The maximum Gasteiger partial charge on any atom is 0.242 e. The lowest BCUT2D eigenvalue weighted by atomic mass is 10.5. The van der Waals surface area contributed by atoms with E-state index in [1.165, 1.54) is 6.33 Å².